The first-order chi connectivity index (χ1) is 13.2. The third-order valence-electron chi connectivity index (χ3n) is 3.84. The number of halogens is 1. The zero-order valence-corrected chi connectivity index (χ0v) is 15.6. The van der Waals surface area contributed by atoms with Crippen molar-refractivity contribution in [2.24, 2.45) is 0 Å². The second-order valence-corrected chi connectivity index (χ2v) is 6.60. The zero-order chi connectivity index (χ0) is 19.1. The van der Waals surface area contributed by atoms with E-state index in [-0.39, 0.29) is 24.0 Å². The van der Waals surface area contributed by atoms with Crippen molar-refractivity contribution in [2.75, 3.05) is 12.8 Å². The lowest BCUT2D eigenvalue weighted by molar-refractivity contribution is 0.0944. The van der Waals surface area contributed by atoms with Crippen molar-refractivity contribution in [3.05, 3.63) is 77.4 Å². The lowest BCUT2D eigenvalue weighted by Gasteiger charge is -2.07. The second-order valence-electron chi connectivity index (χ2n) is 5.75. The first kappa shape index (κ1) is 19.0. The minimum atomic E-state index is -0.323. The van der Waals surface area contributed by atoms with Crippen LogP contribution in [0.15, 0.2) is 64.0 Å². The number of carbonyl (C=O) groups excluding carboxylic acids is 1. The fraction of sp³-hybridized carbons (Fsp3) is 0.200. The van der Waals surface area contributed by atoms with Crippen LogP contribution in [0.25, 0.3) is 0 Å². The van der Waals surface area contributed by atoms with Gasteiger partial charge in [-0.05, 0) is 42.5 Å². The summed E-state index contributed by atoms with van der Waals surface area (Å²) in [6.45, 7) is 0.609. The van der Waals surface area contributed by atoms with E-state index < -0.39 is 0 Å². The SMILES string of the molecule is CSc1ccccc1OCc1cc(C(=O)NCCc2ccc(F)cc2)no1. The number of nitrogens with zero attached hydrogens (tertiary/aromatic N) is 1. The van der Waals surface area contributed by atoms with Gasteiger partial charge in [0.25, 0.3) is 5.91 Å². The lowest BCUT2D eigenvalue weighted by Crippen LogP contribution is -2.25. The van der Waals surface area contributed by atoms with Gasteiger partial charge in [0.15, 0.2) is 11.5 Å². The molecule has 0 saturated heterocycles. The molecule has 0 aliphatic rings. The number of rotatable bonds is 8. The summed E-state index contributed by atoms with van der Waals surface area (Å²) in [5, 5.41) is 6.55. The predicted molar refractivity (Wildman–Crippen MR) is 101 cm³/mol. The highest BCUT2D eigenvalue weighted by atomic mass is 32.2. The van der Waals surface area contributed by atoms with E-state index in [2.05, 4.69) is 10.5 Å². The van der Waals surface area contributed by atoms with E-state index >= 15 is 0 Å². The number of benzene rings is 2. The van der Waals surface area contributed by atoms with E-state index in [0.717, 1.165) is 16.2 Å². The number of hydrogen-bond acceptors (Lipinski definition) is 5. The number of nitrogens with one attached hydrogen (secondary N) is 1. The molecular weight excluding hydrogens is 367 g/mol. The minimum absolute atomic E-state index is 0.188. The minimum Gasteiger partial charge on any atom is -0.484 e. The molecule has 1 amide bonds. The highest BCUT2D eigenvalue weighted by molar-refractivity contribution is 7.98. The zero-order valence-electron chi connectivity index (χ0n) is 14.8. The number of carbonyl (C=O) groups is 1. The van der Waals surface area contributed by atoms with Crippen LogP contribution in [0.2, 0.25) is 0 Å². The van der Waals surface area contributed by atoms with Crippen LogP contribution in [0, 0.1) is 5.82 Å². The van der Waals surface area contributed by atoms with E-state index in [9.17, 15) is 9.18 Å². The van der Waals surface area contributed by atoms with Crippen molar-refractivity contribution >= 4 is 17.7 Å². The van der Waals surface area contributed by atoms with Gasteiger partial charge in [-0.2, -0.15) is 0 Å². The van der Waals surface area contributed by atoms with Crippen LogP contribution in [0.5, 0.6) is 5.75 Å². The van der Waals surface area contributed by atoms with Gasteiger partial charge in [0, 0.05) is 17.5 Å². The standard InChI is InChI=1S/C20H19FN2O3S/c1-27-19-5-3-2-4-18(19)25-13-16-12-17(23-26-16)20(24)22-11-10-14-6-8-15(21)9-7-14/h2-9,12H,10-11,13H2,1H3,(H,22,24). The van der Waals surface area contributed by atoms with E-state index in [1.807, 2.05) is 30.5 Å². The van der Waals surface area contributed by atoms with Gasteiger partial charge >= 0.3 is 0 Å². The fourth-order valence-electron chi connectivity index (χ4n) is 2.44. The molecule has 27 heavy (non-hydrogen) atoms. The van der Waals surface area contributed by atoms with E-state index in [4.69, 9.17) is 9.26 Å². The van der Waals surface area contributed by atoms with Crippen molar-refractivity contribution in [3.8, 4) is 5.75 Å². The van der Waals surface area contributed by atoms with Crippen LogP contribution >= 0.6 is 11.8 Å². The quantitative estimate of drug-likeness (QED) is 0.591. The van der Waals surface area contributed by atoms with Gasteiger partial charge in [0.05, 0.1) is 0 Å². The molecular formula is C20H19FN2O3S. The van der Waals surface area contributed by atoms with Gasteiger partial charge in [0.2, 0.25) is 0 Å². The summed E-state index contributed by atoms with van der Waals surface area (Å²) in [5.74, 6) is 0.623. The average molecular weight is 386 g/mol. The molecule has 0 radical (unpaired) electrons. The van der Waals surface area contributed by atoms with Crippen molar-refractivity contribution in [2.45, 2.75) is 17.9 Å². The molecule has 0 aliphatic heterocycles. The normalized spacial score (nSPS) is 10.6. The maximum absolute atomic E-state index is 12.9. The van der Waals surface area contributed by atoms with Gasteiger partial charge in [-0.15, -0.1) is 11.8 Å². The number of amides is 1. The van der Waals surface area contributed by atoms with Gasteiger partial charge in [-0.1, -0.05) is 29.4 Å². The van der Waals surface area contributed by atoms with Crippen LogP contribution in [-0.4, -0.2) is 23.9 Å². The molecule has 0 fully saturated rings. The lowest BCUT2D eigenvalue weighted by atomic mass is 10.1. The van der Waals surface area contributed by atoms with Crippen LogP contribution in [0.3, 0.4) is 0 Å². The molecule has 0 unspecified atom stereocenters. The molecule has 2 aromatic carbocycles. The molecule has 0 bridgehead atoms. The molecule has 3 aromatic rings. The number of para-hydroxylation sites is 1. The first-order valence-electron chi connectivity index (χ1n) is 8.40. The first-order valence-corrected chi connectivity index (χ1v) is 9.62. The summed E-state index contributed by atoms with van der Waals surface area (Å²) in [7, 11) is 0. The van der Waals surface area contributed by atoms with Crippen molar-refractivity contribution in [3.63, 3.8) is 0 Å². The summed E-state index contributed by atoms with van der Waals surface area (Å²) in [6.07, 6.45) is 2.58. The Hall–Kier alpha value is -2.80. The molecule has 5 nitrogen and oxygen atoms in total. The largest absolute Gasteiger partial charge is 0.484 e. The third-order valence-corrected chi connectivity index (χ3v) is 4.62. The number of aromatic nitrogens is 1. The maximum Gasteiger partial charge on any atom is 0.273 e. The van der Waals surface area contributed by atoms with Crippen LogP contribution in [0.4, 0.5) is 4.39 Å². The molecule has 0 atom stereocenters. The Labute approximate surface area is 160 Å². The van der Waals surface area contributed by atoms with Gasteiger partial charge in [0.1, 0.15) is 18.2 Å². The average Bonchev–Trinajstić information content (AvgIpc) is 3.17. The summed E-state index contributed by atoms with van der Waals surface area (Å²) in [5.41, 5.74) is 1.14. The molecule has 1 heterocycles. The molecule has 3 rings (SSSR count). The Balaban J connectivity index is 1.49. The molecule has 0 spiro atoms. The molecule has 0 aliphatic carbocycles. The fourth-order valence-corrected chi connectivity index (χ4v) is 2.98. The van der Waals surface area contributed by atoms with Gasteiger partial charge in [-0.25, -0.2) is 4.39 Å². The summed E-state index contributed by atoms with van der Waals surface area (Å²) in [4.78, 5) is 13.2. The summed E-state index contributed by atoms with van der Waals surface area (Å²) < 4.78 is 23.8. The van der Waals surface area contributed by atoms with Crippen molar-refractivity contribution in [1.82, 2.24) is 10.5 Å². The monoisotopic (exact) mass is 386 g/mol. The molecule has 140 valence electrons. The molecule has 0 saturated carbocycles. The van der Waals surface area contributed by atoms with E-state index in [1.165, 1.54) is 12.1 Å². The third kappa shape index (κ3) is 5.34. The number of thioether (sulfide) groups is 1. The van der Waals surface area contributed by atoms with Crippen LogP contribution < -0.4 is 10.1 Å². The molecule has 1 aromatic heterocycles. The van der Waals surface area contributed by atoms with Gasteiger partial charge < -0.3 is 14.6 Å². The van der Waals surface area contributed by atoms with Crippen LogP contribution in [0.1, 0.15) is 21.8 Å². The Bertz CT molecular complexity index is 896. The highest BCUT2D eigenvalue weighted by Crippen LogP contribution is 2.27. The Morgan fingerprint density at radius 2 is 2.00 bits per heavy atom. The number of ether oxygens (including phenoxy) is 1. The Morgan fingerprint density at radius 3 is 2.78 bits per heavy atom. The summed E-state index contributed by atoms with van der Waals surface area (Å²) >= 11 is 1.59. The van der Waals surface area contributed by atoms with E-state index in [1.54, 1.807) is 30.0 Å². The van der Waals surface area contributed by atoms with Gasteiger partial charge in [-0.3, -0.25) is 4.79 Å². The molecule has 1 N–H and O–H groups in total. The maximum atomic E-state index is 12.9. The second kappa shape index (κ2) is 9.23. The predicted octanol–water partition coefficient (Wildman–Crippen LogP) is 4.09. The molecule has 7 heteroatoms. The van der Waals surface area contributed by atoms with E-state index in [0.29, 0.717) is 18.7 Å². The smallest absolute Gasteiger partial charge is 0.273 e. The Morgan fingerprint density at radius 1 is 1.22 bits per heavy atom. The number of hydrogen-bond donors (Lipinski definition) is 1. The Kier molecular flexibility index (Phi) is 6.49. The van der Waals surface area contributed by atoms with Crippen molar-refractivity contribution < 1.29 is 18.4 Å². The highest BCUT2D eigenvalue weighted by Gasteiger charge is 2.13. The topological polar surface area (TPSA) is 64.4 Å². The van der Waals surface area contributed by atoms with Crippen LogP contribution in [-0.2, 0) is 13.0 Å². The van der Waals surface area contributed by atoms with Crippen molar-refractivity contribution in [1.29, 1.82) is 0 Å². The summed E-state index contributed by atoms with van der Waals surface area (Å²) in [6, 6.07) is 15.4.